The molecule has 0 atom stereocenters. The molecule has 1 N–H and O–H groups in total. The zero-order valence-electron chi connectivity index (χ0n) is 13.5. The molecule has 7 nitrogen and oxygen atoms in total. The van der Waals surface area contributed by atoms with Crippen molar-refractivity contribution in [2.45, 2.75) is 0 Å². The Hall–Kier alpha value is -2.45. The molecule has 3 rings (SSSR count). The Morgan fingerprint density at radius 2 is 1.88 bits per heavy atom. The second-order valence-corrected chi connectivity index (χ2v) is 5.86. The van der Waals surface area contributed by atoms with E-state index in [9.17, 15) is 0 Å². The number of nitrogens with zero attached hydrogens (tertiary/aromatic N) is 6. The molecule has 0 bridgehead atoms. The number of hydrogen-bond donors (Lipinski definition) is 1. The minimum absolute atomic E-state index is 0.616. The average Bonchev–Trinajstić information content (AvgIpc) is 2.64. The SMILES string of the molecule is CN1CCN(C(=S)N/N=C(/c2ccccn2)c2ccncn2)CC1. The second-order valence-electron chi connectivity index (χ2n) is 5.48. The molecule has 24 heavy (non-hydrogen) atoms. The number of nitrogens with one attached hydrogen (secondary N) is 1. The third kappa shape index (κ3) is 4.09. The van der Waals surface area contributed by atoms with Crippen LogP contribution < -0.4 is 5.43 Å². The maximum Gasteiger partial charge on any atom is 0.189 e. The Morgan fingerprint density at radius 3 is 2.54 bits per heavy atom. The highest BCUT2D eigenvalue weighted by molar-refractivity contribution is 7.80. The fourth-order valence-corrected chi connectivity index (χ4v) is 2.59. The van der Waals surface area contributed by atoms with Crippen LogP contribution in [0.3, 0.4) is 0 Å². The van der Waals surface area contributed by atoms with Crippen LogP contribution >= 0.6 is 12.2 Å². The molecule has 0 aromatic carbocycles. The van der Waals surface area contributed by atoms with Gasteiger partial charge in [0.25, 0.3) is 0 Å². The summed E-state index contributed by atoms with van der Waals surface area (Å²) in [6, 6.07) is 7.47. The monoisotopic (exact) mass is 341 g/mol. The van der Waals surface area contributed by atoms with Gasteiger partial charge in [-0.05, 0) is 37.5 Å². The molecule has 8 heteroatoms. The van der Waals surface area contributed by atoms with E-state index >= 15 is 0 Å². The summed E-state index contributed by atoms with van der Waals surface area (Å²) in [6.45, 7) is 3.77. The number of likely N-dealkylation sites (N-methyl/N-ethyl adjacent to an activating group) is 1. The van der Waals surface area contributed by atoms with Crippen molar-refractivity contribution in [3.05, 3.63) is 54.4 Å². The maximum atomic E-state index is 5.47. The number of rotatable bonds is 3. The Balaban J connectivity index is 1.78. The number of aromatic nitrogens is 3. The van der Waals surface area contributed by atoms with E-state index in [1.165, 1.54) is 6.33 Å². The van der Waals surface area contributed by atoms with Gasteiger partial charge in [-0.1, -0.05) is 6.07 Å². The first-order valence-electron chi connectivity index (χ1n) is 7.73. The van der Waals surface area contributed by atoms with Gasteiger partial charge in [-0.15, -0.1) is 0 Å². The van der Waals surface area contributed by atoms with Crippen LogP contribution in [0.5, 0.6) is 0 Å². The van der Waals surface area contributed by atoms with E-state index in [4.69, 9.17) is 12.2 Å². The molecule has 1 saturated heterocycles. The fraction of sp³-hybridized carbons (Fsp3) is 0.312. The lowest BCUT2D eigenvalue weighted by atomic mass is 10.2. The van der Waals surface area contributed by atoms with E-state index in [1.54, 1.807) is 18.5 Å². The molecule has 124 valence electrons. The Bertz CT molecular complexity index is 655. The van der Waals surface area contributed by atoms with Gasteiger partial charge in [0.15, 0.2) is 5.11 Å². The molecule has 1 fully saturated rings. The zero-order valence-corrected chi connectivity index (χ0v) is 14.3. The minimum atomic E-state index is 0.616. The van der Waals surface area contributed by atoms with E-state index in [0.29, 0.717) is 16.5 Å². The van der Waals surface area contributed by atoms with Crippen molar-refractivity contribution in [2.75, 3.05) is 33.2 Å². The Kier molecular flexibility index (Phi) is 5.39. The van der Waals surface area contributed by atoms with Crippen LogP contribution in [0.2, 0.25) is 0 Å². The molecular formula is C16H19N7S. The van der Waals surface area contributed by atoms with Crippen LogP contribution in [0, 0.1) is 0 Å². The van der Waals surface area contributed by atoms with Crippen LogP contribution in [0.25, 0.3) is 0 Å². The van der Waals surface area contributed by atoms with E-state index in [2.05, 4.69) is 42.3 Å². The highest BCUT2D eigenvalue weighted by Crippen LogP contribution is 2.06. The van der Waals surface area contributed by atoms with Gasteiger partial charge in [0.2, 0.25) is 0 Å². The summed E-state index contributed by atoms with van der Waals surface area (Å²) in [5, 5.41) is 5.09. The van der Waals surface area contributed by atoms with Gasteiger partial charge in [0.05, 0.1) is 11.4 Å². The number of thiocarbonyl (C=S) groups is 1. The summed E-state index contributed by atoms with van der Waals surface area (Å²) in [6.07, 6.45) is 4.90. The van der Waals surface area contributed by atoms with Gasteiger partial charge in [0, 0.05) is 38.6 Å². The Morgan fingerprint density at radius 1 is 1.08 bits per heavy atom. The molecule has 1 aliphatic rings. The zero-order chi connectivity index (χ0) is 16.8. The molecule has 0 unspecified atom stereocenters. The predicted molar refractivity (Wildman–Crippen MR) is 96.7 cm³/mol. The summed E-state index contributed by atoms with van der Waals surface area (Å²) in [5.41, 5.74) is 5.04. The normalized spacial score (nSPS) is 16.0. The third-order valence-electron chi connectivity index (χ3n) is 3.79. The second kappa shape index (κ2) is 7.89. The molecule has 3 heterocycles. The van der Waals surface area contributed by atoms with Crippen molar-refractivity contribution < 1.29 is 0 Å². The molecule has 1 aliphatic heterocycles. The van der Waals surface area contributed by atoms with Crippen molar-refractivity contribution in [1.82, 2.24) is 30.2 Å². The Labute approximate surface area is 146 Å². The first-order valence-corrected chi connectivity index (χ1v) is 8.14. The van der Waals surface area contributed by atoms with Crippen LogP contribution in [0.4, 0.5) is 0 Å². The van der Waals surface area contributed by atoms with Crippen molar-refractivity contribution in [3.8, 4) is 0 Å². The van der Waals surface area contributed by atoms with Crippen LogP contribution in [0.15, 0.2) is 48.1 Å². The average molecular weight is 341 g/mol. The molecule has 2 aromatic rings. The number of hydrogen-bond acceptors (Lipinski definition) is 6. The van der Waals surface area contributed by atoms with E-state index in [-0.39, 0.29) is 0 Å². The van der Waals surface area contributed by atoms with E-state index in [1.807, 2.05) is 18.2 Å². The first-order chi connectivity index (χ1) is 11.7. The molecule has 0 amide bonds. The summed E-state index contributed by atoms with van der Waals surface area (Å²) in [4.78, 5) is 17.0. The van der Waals surface area contributed by atoms with Gasteiger partial charge in [0.1, 0.15) is 12.0 Å². The lowest BCUT2D eigenvalue weighted by Crippen LogP contribution is -2.49. The van der Waals surface area contributed by atoms with Crippen molar-refractivity contribution >= 4 is 23.0 Å². The van der Waals surface area contributed by atoms with E-state index in [0.717, 1.165) is 31.9 Å². The van der Waals surface area contributed by atoms with Crippen molar-refractivity contribution in [2.24, 2.45) is 5.10 Å². The molecule has 0 aliphatic carbocycles. The van der Waals surface area contributed by atoms with Gasteiger partial charge in [-0.2, -0.15) is 5.10 Å². The molecule has 0 saturated carbocycles. The summed E-state index contributed by atoms with van der Waals surface area (Å²) < 4.78 is 0. The van der Waals surface area contributed by atoms with Gasteiger partial charge in [-0.25, -0.2) is 9.97 Å². The lowest BCUT2D eigenvalue weighted by Gasteiger charge is -2.33. The smallest absolute Gasteiger partial charge is 0.189 e. The van der Waals surface area contributed by atoms with Crippen molar-refractivity contribution in [3.63, 3.8) is 0 Å². The lowest BCUT2D eigenvalue weighted by molar-refractivity contribution is 0.214. The molecular weight excluding hydrogens is 322 g/mol. The first kappa shape index (κ1) is 16.4. The summed E-state index contributed by atoms with van der Waals surface area (Å²) >= 11 is 5.47. The van der Waals surface area contributed by atoms with Gasteiger partial charge >= 0.3 is 0 Å². The molecule has 2 aromatic heterocycles. The van der Waals surface area contributed by atoms with Gasteiger partial charge < -0.3 is 9.80 Å². The number of hydrazone groups is 1. The highest BCUT2D eigenvalue weighted by atomic mass is 32.1. The molecule has 0 radical (unpaired) electrons. The van der Waals surface area contributed by atoms with E-state index < -0.39 is 0 Å². The third-order valence-corrected chi connectivity index (χ3v) is 4.14. The quantitative estimate of drug-likeness (QED) is 0.502. The van der Waals surface area contributed by atoms with Crippen LogP contribution in [0.1, 0.15) is 11.4 Å². The summed E-state index contributed by atoms with van der Waals surface area (Å²) in [5.74, 6) is 0. The minimum Gasteiger partial charge on any atom is -0.345 e. The standard InChI is InChI=1S/C16H19N7S/c1-22-8-10-23(11-9-22)16(24)21-20-15(13-4-2-3-6-18-13)14-5-7-17-12-19-14/h2-7,12H,8-11H2,1H3,(H,21,24)/b20-15-. The number of piperazine rings is 1. The fourth-order valence-electron chi connectivity index (χ4n) is 2.36. The van der Waals surface area contributed by atoms with Crippen LogP contribution in [-0.4, -0.2) is 68.8 Å². The summed E-state index contributed by atoms with van der Waals surface area (Å²) in [7, 11) is 2.11. The van der Waals surface area contributed by atoms with Crippen LogP contribution in [-0.2, 0) is 0 Å². The topological polar surface area (TPSA) is 69.5 Å². The predicted octanol–water partition coefficient (Wildman–Crippen LogP) is 0.746. The highest BCUT2D eigenvalue weighted by Gasteiger charge is 2.17. The molecule has 0 spiro atoms. The van der Waals surface area contributed by atoms with Crippen molar-refractivity contribution in [1.29, 1.82) is 0 Å². The number of pyridine rings is 1. The van der Waals surface area contributed by atoms with Gasteiger partial charge in [-0.3, -0.25) is 10.4 Å². The maximum absolute atomic E-state index is 5.47. The largest absolute Gasteiger partial charge is 0.345 e.